The van der Waals surface area contributed by atoms with E-state index < -0.39 is 28.5 Å². The normalized spacial score (nSPS) is 12.0. The van der Waals surface area contributed by atoms with E-state index in [1.807, 2.05) is 30.3 Å². The van der Waals surface area contributed by atoms with Crippen LogP contribution in [0.5, 0.6) is 0 Å². The molecule has 0 saturated carbocycles. The molecule has 2 amide bonds. The van der Waals surface area contributed by atoms with Crippen LogP contribution in [-0.4, -0.2) is 50.5 Å². The van der Waals surface area contributed by atoms with Crippen molar-refractivity contribution >= 4 is 73.3 Å². The van der Waals surface area contributed by atoms with E-state index in [9.17, 15) is 18.0 Å². The van der Waals surface area contributed by atoms with Gasteiger partial charge in [0.2, 0.25) is 21.8 Å². The van der Waals surface area contributed by atoms with Gasteiger partial charge in [-0.25, -0.2) is 8.42 Å². The zero-order valence-corrected chi connectivity index (χ0v) is 25.4. The maximum atomic E-state index is 14.0. The van der Waals surface area contributed by atoms with Gasteiger partial charge in [0.1, 0.15) is 12.6 Å². The van der Waals surface area contributed by atoms with E-state index >= 15 is 0 Å². The Bertz CT molecular complexity index is 1350. The highest BCUT2D eigenvalue weighted by atomic mass is 127. The average molecular weight is 688 g/mol. The highest BCUT2D eigenvalue weighted by Gasteiger charge is 2.33. The fraction of sp³-hybridized carbons (Fsp3) is 0.259. The number of amides is 2. The SMILES string of the molecule is CCNC(=O)C(Cc1ccccc1)N(Cc1c(Cl)cccc1Cl)C(=O)CN(c1ccc(I)cc1)S(C)(=O)=O. The Kier molecular flexibility index (Phi) is 10.8. The minimum Gasteiger partial charge on any atom is -0.355 e. The summed E-state index contributed by atoms with van der Waals surface area (Å²) >= 11 is 15.0. The fourth-order valence-corrected chi connectivity index (χ4v) is 5.65. The average Bonchev–Trinajstić information content (AvgIpc) is 2.87. The number of hydrogen-bond acceptors (Lipinski definition) is 4. The summed E-state index contributed by atoms with van der Waals surface area (Å²) in [6, 6.07) is 20.1. The summed E-state index contributed by atoms with van der Waals surface area (Å²) in [6.07, 6.45) is 1.25. The van der Waals surface area contributed by atoms with E-state index in [0.717, 1.165) is 19.7 Å². The second-order valence-corrected chi connectivity index (χ2v) is 12.5. The molecule has 0 aliphatic carbocycles. The second kappa shape index (κ2) is 13.6. The predicted octanol–water partition coefficient (Wildman–Crippen LogP) is 5.14. The smallest absolute Gasteiger partial charge is 0.244 e. The summed E-state index contributed by atoms with van der Waals surface area (Å²) in [5, 5.41) is 3.48. The number of hydrogen-bond donors (Lipinski definition) is 1. The topological polar surface area (TPSA) is 86.8 Å². The van der Waals surface area contributed by atoms with Crippen LogP contribution in [0.1, 0.15) is 18.1 Å². The van der Waals surface area contributed by atoms with Crippen LogP contribution in [-0.2, 0) is 32.6 Å². The number of carbonyl (C=O) groups excluding carboxylic acids is 2. The van der Waals surface area contributed by atoms with Gasteiger partial charge in [0.05, 0.1) is 11.9 Å². The molecule has 202 valence electrons. The number of likely N-dealkylation sites (N-methyl/N-ethyl adjacent to an activating group) is 1. The molecule has 3 aromatic rings. The van der Waals surface area contributed by atoms with Crippen LogP contribution in [0.25, 0.3) is 0 Å². The molecular formula is C27H28Cl2IN3O4S. The van der Waals surface area contributed by atoms with Gasteiger partial charge in [0.15, 0.2) is 0 Å². The van der Waals surface area contributed by atoms with Gasteiger partial charge in [0, 0.05) is 38.7 Å². The molecule has 38 heavy (non-hydrogen) atoms. The van der Waals surface area contributed by atoms with Gasteiger partial charge in [-0.15, -0.1) is 0 Å². The molecule has 3 aromatic carbocycles. The van der Waals surface area contributed by atoms with Crippen LogP contribution in [0.3, 0.4) is 0 Å². The van der Waals surface area contributed by atoms with Crippen molar-refractivity contribution in [3.63, 3.8) is 0 Å². The van der Waals surface area contributed by atoms with Crippen molar-refractivity contribution < 1.29 is 18.0 Å². The minimum absolute atomic E-state index is 0.0870. The molecule has 1 atom stereocenters. The maximum absolute atomic E-state index is 14.0. The Balaban J connectivity index is 2.08. The van der Waals surface area contributed by atoms with Crippen LogP contribution in [0.15, 0.2) is 72.8 Å². The van der Waals surface area contributed by atoms with Gasteiger partial charge >= 0.3 is 0 Å². The van der Waals surface area contributed by atoms with Gasteiger partial charge < -0.3 is 10.2 Å². The molecule has 1 N–H and O–H groups in total. The van der Waals surface area contributed by atoms with Gasteiger partial charge in [0.25, 0.3) is 0 Å². The predicted molar refractivity (Wildman–Crippen MR) is 161 cm³/mol. The number of nitrogens with zero attached hydrogens (tertiary/aromatic N) is 2. The highest BCUT2D eigenvalue weighted by Crippen LogP contribution is 2.28. The number of benzene rings is 3. The lowest BCUT2D eigenvalue weighted by Gasteiger charge is -2.33. The van der Waals surface area contributed by atoms with E-state index in [-0.39, 0.29) is 18.9 Å². The molecule has 0 bridgehead atoms. The zero-order chi connectivity index (χ0) is 27.9. The lowest BCUT2D eigenvalue weighted by Crippen LogP contribution is -2.53. The van der Waals surface area contributed by atoms with Crippen LogP contribution in [0.4, 0.5) is 5.69 Å². The Morgan fingerprint density at radius 1 is 0.947 bits per heavy atom. The first-order valence-corrected chi connectivity index (χ1v) is 15.5. The molecular weight excluding hydrogens is 660 g/mol. The largest absolute Gasteiger partial charge is 0.355 e. The van der Waals surface area contributed by atoms with Crippen molar-refractivity contribution in [2.75, 3.05) is 23.7 Å². The molecule has 0 aliphatic rings. The molecule has 11 heteroatoms. The van der Waals surface area contributed by atoms with Crippen molar-refractivity contribution in [2.24, 2.45) is 0 Å². The van der Waals surface area contributed by atoms with Crippen molar-refractivity contribution in [3.8, 4) is 0 Å². The Labute approximate surface area is 247 Å². The summed E-state index contributed by atoms with van der Waals surface area (Å²) in [7, 11) is -3.83. The van der Waals surface area contributed by atoms with Gasteiger partial charge in [-0.05, 0) is 71.5 Å². The third-order valence-corrected chi connectivity index (χ3v) is 8.37. The van der Waals surface area contributed by atoms with E-state index in [4.69, 9.17) is 23.2 Å². The quantitative estimate of drug-likeness (QED) is 0.283. The van der Waals surface area contributed by atoms with Crippen LogP contribution in [0.2, 0.25) is 10.0 Å². The third kappa shape index (κ3) is 8.08. The number of anilines is 1. The molecule has 1 unspecified atom stereocenters. The van der Waals surface area contributed by atoms with Gasteiger partial charge in [-0.2, -0.15) is 0 Å². The first kappa shape index (κ1) is 30.2. The maximum Gasteiger partial charge on any atom is 0.244 e. The first-order chi connectivity index (χ1) is 18.0. The molecule has 0 fully saturated rings. The van der Waals surface area contributed by atoms with Crippen molar-refractivity contribution in [1.82, 2.24) is 10.2 Å². The summed E-state index contributed by atoms with van der Waals surface area (Å²) in [6.45, 7) is 1.55. The number of rotatable bonds is 11. The second-order valence-electron chi connectivity index (χ2n) is 8.57. The van der Waals surface area contributed by atoms with Crippen LogP contribution >= 0.6 is 45.8 Å². The fourth-order valence-electron chi connectivity index (χ4n) is 3.92. The van der Waals surface area contributed by atoms with Crippen molar-refractivity contribution in [1.29, 1.82) is 0 Å². The molecule has 0 saturated heterocycles. The molecule has 7 nitrogen and oxygen atoms in total. The minimum atomic E-state index is -3.83. The molecule has 0 aromatic heterocycles. The molecule has 0 radical (unpaired) electrons. The van der Waals surface area contributed by atoms with Crippen molar-refractivity contribution in [3.05, 3.63) is 97.5 Å². The summed E-state index contributed by atoms with van der Waals surface area (Å²) in [5.41, 5.74) is 1.64. The van der Waals surface area contributed by atoms with E-state index in [0.29, 0.717) is 27.8 Å². The molecule has 0 heterocycles. The summed E-state index contributed by atoms with van der Waals surface area (Å²) in [5.74, 6) is -0.940. The Morgan fingerprint density at radius 3 is 2.11 bits per heavy atom. The molecule has 0 aliphatic heterocycles. The van der Waals surface area contributed by atoms with Gasteiger partial charge in [-0.1, -0.05) is 59.6 Å². The first-order valence-electron chi connectivity index (χ1n) is 11.8. The lowest BCUT2D eigenvalue weighted by atomic mass is 10.0. The van der Waals surface area contributed by atoms with Crippen LogP contribution in [0, 0.1) is 3.57 Å². The Morgan fingerprint density at radius 2 is 1.55 bits per heavy atom. The van der Waals surface area contributed by atoms with E-state index in [2.05, 4.69) is 27.9 Å². The highest BCUT2D eigenvalue weighted by molar-refractivity contribution is 14.1. The van der Waals surface area contributed by atoms with Crippen LogP contribution < -0.4 is 9.62 Å². The Hall–Kier alpha value is -2.34. The number of sulfonamides is 1. The zero-order valence-electron chi connectivity index (χ0n) is 20.9. The lowest BCUT2D eigenvalue weighted by molar-refractivity contribution is -0.140. The van der Waals surface area contributed by atoms with E-state index in [1.165, 1.54) is 4.90 Å². The third-order valence-electron chi connectivity index (χ3n) is 5.81. The summed E-state index contributed by atoms with van der Waals surface area (Å²) < 4.78 is 27.5. The van der Waals surface area contributed by atoms with Crippen molar-refractivity contribution in [2.45, 2.75) is 25.9 Å². The number of nitrogens with one attached hydrogen (secondary N) is 1. The standard InChI is InChI=1S/C27H28Cl2IN3O4S/c1-3-31-27(35)25(16-19-8-5-4-6-9-19)32(17-22-23(28)10-7-11-24(22)29)26(34)18-33(38(2,36)37)21-14-12-20(30)13-15-21/h4-15,25H,3,16-18H2,1-2H3,(H,31,35). The van der Waals surface area contributed by atoms with Gasteiger partial charge in [-0.3, -0.25) is 13.9 Å². The van der Waals surface area contributed by atoms with E-state index in [1.54, 1.807) is 49.4 Å². The number of halogens is 3. The summed E-state index contributed by atoms with van der Waals surface area (Å²) in [4.78, 5) is 28.7. The molecule has 3 rings (SSSR count). The number of carbonyl (C=O) groups is 2. The molecule has 0 spiro atoms. The monoisotopic (exact) mass is 687 g/mol.